The molecule has 2 fully saturated rings. The highest BCUT2D eigenvalue weighted by atomic mass is 19.1. The van der Waals surface area contributed by atoms with E-state index in [0.717, 1.165) is 18.5 Å². The summed E-state index contributed by atoms with van der Waals surface area (Å²) in [5, 5.41) is 29.4. The van der Waals surface area contributed by atoms with Gasteiger partial charge in [-0.15, -0.1) is 20.4 Å². The number of aromatic hydroxyl groups is 1. The maximum atomic E-state index is 14.5. The molecular weight excluding hydrogens is 363 g/mol. The van der Waals surface area contributed by atoms with E-state index in [0.29, 0.717) is 29.6 Å². The minimum absolute atomic E-state index is 0.0629. The van der Waals surface area contributed by atoms with E-state index in [1.807, 2.05) is 6.07 Å². The van der Waals surface area contributed by atoms with Crippen LogP contribution < -0.4 is 10.1 Å². The first-order valence-electron chi connectivity index (χ1n) is 9.26. The third kappa shape index (κ3) is 3.07. The molecular formula is C19H19FN6O2. The lowest BCUT2D eigenvalue weighted by molar-refractivity contribution is 0.0422. The van der Waals surface area contributed by atoms with Crippen LogP contribution in [0.15, 0.2) is 43.0 Å². The number of hydrogen-bond acceptors (Lipinski definition) is 7. The lowest BCUT2D eigenvalue weighted by Gasteiger charge is -2.32. The smallest absolute Gasteiger partial charge is 0.233 e. The quantitative estimate of drug-likeness (QED) is 0.712. The molecule has 0 spiro atoms. The summed E-state index contributed by atoms with van der Waals surface area (Å²) in [4.78, 5) is 0. The van der Waals surface area contributed by atoms with Crippen molar-refractivity contribution in [3.8, 4) is 28.6 Å². The first-order chi connectivity index (χ1) is 13.7. The Hall–Kier alpha value is -3.07. The van der Waals surface area contributed by atoms with Crippen LogP contribution in [-0.2, 0) is 0 Å². The van der Waals surface area contributed by atoms with Crippen molar-refractivity contribution in [1.29, 1.82) is 0 Å². The van der Waals surface area contributed by atoms with Crippen molar-refractivity contribution >= 4 is 0 Å². The molecule has 1 aromatic carbocycles. The van der Waals surface area contributed by atoms with Gasteiger partial charge in [0.2, 0.25) is 5.88 Å². The van der Waals surface area contributed by atoms with E-state index in [-0.39, 0.29) is 11.8 Å². The Morgan fingerprint density at radius 3 is 2.71 bits per heavy atom. The monoisotopic (exact) mass is 382 g/mol. The lowest BCUT2D eigenvalue weighted by atomic mass is 10.0. The van der Waals surface area contributed by atoms with Gasteiger partial charge in [0.05, 0.1) is 11.4 Å². The maximum Gasteiger partial charge on any atom is 0.233 e. The number of rotatable bonds is 4. The fraction of sp³-hybridized carbons (Fsp3) is 0.368. The minimum atomic E-state index is -1.05. The number of hydrogen-bond donors (Lipinski definition) is 2. The summed E-state index contributed by atoms with van der Waals surface area (Å²) >= 11 is 0. The number of phenols is 1. The van der Waals surface area contributed by atoms with Crippen molar-refractivity contribution in [2.45, 2.75) is 43.6 Å². The molecule has 2 aliphatic rings. The number of benzene rings is 1. The first kappa shape index (κ1) is 17.1. The number of nitrogens with one attached hydrogen (secondary N) is 1. The molecule has 4 atom stereocenters. The summed E-state index contributed by atoms with van der Waals surface area (Å²) in [5.74, 6) is 0.353. The van der Waals surface area contributed by atoms with Gasteiger partial charge in [-0.25, -0.2) is 4.39 Å². The maximum absolute atomic E-state index is 14.5. The number of piperidine rings is 1. The van der Waals surface area contributed by atoms with Crippen molar-refractivity contribution in [3.05, 3.63) is 43.0 Å². The molecule has 0 amide bonds. The Morgan fingerprint density at radius 2 is 1.96 bits per heavy atom. The van der Waals surface area contributed by atoms with E-state index in [1.54, 1.807) is 41.5 Å². The Morgan fingerprint density at radius 1 is 1.11 bits per heavy atom. The number of phenolic OH excluding ortho intramolecular Hbond substituents is 1. The number of ether oxygens (including phenoxy) is 1. The van der Waals surface area contributed by atoms with Gasteiger partial charge in [0, 0.05) is 36.2 Å². The van der Waals surface area contributed by atoms with E-state index in [9.17, 15) is 9.50 Å². The molecule has 2 saturated heterocycles. The van der Waals surface area contributed by atoms with Crippen LogP contribution in [0.25, 0.3) is 16.9 Å². The highest BCUT2D eigenvalue weighted by Crippen LogP contribution is 2.33. The number of aromatic nitrogens is 5. The Labute approximate surface area is 160 Å². The van der Waals surface area contributed by atoms with Crippen molar-refractivity contribution in [1.82, 2.24) is 30.3 Å². The molecule has 4 heterocycles. The zero-order valence-electron chi connectivity index (χ0n) is 14.9. The SMILES string of the molecule is Oc1cc(-n2cnnc2)ccc1-c1ccc(O[C@H]2CC3CCC(N3)[C@H]2F)nn1. The van der Waals surface area contributed by atoms with Gasteiger partial charge < -0.3 is 15.2 Å². The molecule has 0 saturated carbocycles. The van der Waals surface area contributed by atoms with E-state index in [2.05, 4.69) is 25.7 Å². The standard InChI is InChI=1S/C19H19FN6O2/c20-19-15-4-1-11(23-15)7-17(19)28-18-6-5-14(24-25-18)13-3-2-12(8-16(13)27)26-9-21-22-10-26/h2-3,5-6,8-11,15,17,19,23,27H,1,4,7H2/t11?,15?,17-,19+/m0/s1. The Bertz CT molecular complexity index is 965. The molecule has 5 rings (SSSR count). The summed E-state index contributed by atoms with van der Waals surface area (Å²) in [7, 11) is 0. The fourth-order valence-electron chi connectivity index (χ4n) is 3.98. The Balaban J connectivity index is 1.32. The number of nitrogens with zero attached hydrogens (tertiary/aromatic N) is 5. The lowest BCUT2D eigenvalue weighted by Crippen LogP contribution is -2.51. The third-order valence-corrected chi connectivity index (χ3v) is 5.42. The van der Waals surface area contributed by atoms with Crippen LogP contribution in [0.3, 0.4) is 0 Å². The molecule has 3 aromatic rings. The van der Waals surface area contributed by atoms with Crippen molar-refractivity contribution in [3.63, 3.8) is 0 Å². The van der Waals surface area contributed by atoms with Gasteiger partial charge >= 0.3 is 0 Å². The van der Waals surface area contributed by atoms with Gasteiger partial charge in [0.1, 0.15) is 24.5 Å². The van der Waals surface area contributed by atoms with Crippen LogP contribution in [0.2, 0.25) is 0 Å². The van der Waals surface area contributed by atoms with Crippen LogP contribution in [0.5, 0.6) is 11.6 Å². The second-order valence-electron chi connectivity index (χ2n) is 7.21. The van der Waals surface area contributed by atoms with E-state index < -0.39 is 12.3 Å². The van der Waals surface area contributed by atoms with Gasteiger partial charge in [0.25, 0.3) is 0 Å². The molecule has 0 radical (unpaired) electrons. The molecule has 2 N–H and O–H groups in total. The number of alkyl halides is 1. The summed E-state index contributed by atoms with van der Waals surface area (Å²) in [6.07, 6.45) is 4.01. The average Bonchev–Trinajstić information content (AvgIpc) is 3.37. The van der Waals surface area contributed by atoms with Crippen LogP contribution in [-0.4, -0.2) is 54.4 Å². The second-order valence-corrected chi connectivity index (χ2v) is 7.21. The molecule has 2 unspecified atom stereocenters. The second kappa shape index (κ2) is 6.83. The largest absolute Gasteiger partial charge is 0.507 e. The number of fused-ring (bicyclic) bond motifs is 2. The van der Waals surface area contributed by atoms with Crippen LogP contribution in [0.1, 0.15) is 19.3 Å². The van der Waals surface area contributed by atoms with Crippen molar-refractivity contribution in [2.24, 2.45) is 0 Å². The van der Waals surface area contributed by atoms with Gasteiger partial charge in [-0.05, 0) is 31.0 Å². The highest BCUT2D eigenvalue weighted by Gasteiger charge is 2.43. The van der Waals surface area contributed by atoms with Gasteiger partial charge in [-0.2, -0.15) is 0 Å². The summed E-state index contributed by atoms with van der Waals surface area (Å²) in [6.45, 7) is 0. The van der Waals surface area contributed by atoms with Crippen LogP contribution in [0.4, 0.5) is 4.39 Å². The molecule has 144 valence electrons. The van der Waals surface area contributed by atoms with Gasteiger partial charge in [-0.3, -0.25) is 4.57 Å². The summed E-state index contributed by atoms with van der Waals surface area (Å²) < 4.78 is 22.0. The molecule has 28 heavy (non-hydrogen) atoms. The average molecular weight is 382 g/mol. The van der Waals surface area contributed by atoms with Crippen LogP contribution >= 0.6 is 0 Å². The molecule has 9 heteroatoms. The van der Waals surface area contributed by atoms with E-state index in [1.165, 1.54) is 0 Å². The first-order valence-corrected chi connectivity index (χ1v) is 9.26. The van der Waals surface area contributed by atoms with E-state index in [4.69, 9.17) is 4.74 Å². The molecule has 2 bridgehead atoms. The van der Waals surface area contributed by atoms with Gasteiger partial charge in [0.15, 0.2) is 6.17 Å². The van der Waals surface area contributed by atoms with E-state index >= 15 is 0 Å². The predicted molar refractivity (Wildman–Crippen MR) is 97.9 cm³/mol. The van der Waals surface area contributed by atoms with Crippen molar-refractivity contribution in [2.75, 3.05) is 0 Å². The Kier molecular flexibility index (Phi) is 4.16. The highest BCUT2D eigenvalue weighted by molar-refractivity contribution is 5.68. The van der Waals surface area contributed by atoms with Crippen LogP contribution in [0, 0.1) is 0 Å². The fourth-order valence-corrected chi connectivity index (χ4v) is 3.98. The molecule has 2 aromatic heterocycles. The normalized spacial score (nSPS) is 26.3. The predicted octanol–water partition coefficient (Wildman–Crippen LogP) is 2.04. The molecule has 2 aliphatic heterocycles. The molecule has 0 aliphatic carbocycles. The third-order valence-electron chi connectivity index (χ3n) is 5.42. The topological polar surface area (TPSA) is 98.0 Å². The van der Waals surface area contributed by atoms with Gasteiger partial charge in [-0.1, -0.05) is 0 Å². The number of halogens is 1. The summed E-state index contributed by atoms with van der Waals surface area (Å²) in [6, 6.07) is 8.72. The molecule has 8 nitrogen and oxygen atoms in total. The zero-order valence-corrected chi connectivity index (χ0v) is 14.9. The summed E-state index contributed by atoms with van der Waals surface area (Å²) in [5.41, 5.74) is 1.77. The van der Waals surface area contributed by atoms with Crippen molar-refractivity contribution < 1.29 is 14.2 Å². The minimum Gasteiger partial charge on any atom is -0.507 e. The zero-order chi connectivity index (χ0) is 19.1.